The van der Waals surface area contributed by atoms with Gasteiger partial charge in [0.05, 0.1) is 11.3 Å². The van der Waals surface area contributed by atoms with Crippen LogP contribution in [0.15, 0.2) is 103 Å². The second-order valence-electron chi connectivity index (χ2n) is 9.79. The number of fused-ring (bicyclic) bond motifs is 1. The molecule has 0 aliphatic carbocycles. The number of nitrogens with one attached hydrogen (secondary N) is 1. The molecular formula is C32H28N8O. The van der Waals surface area contributed by atoms with Crippen molar-refractivity contribution in [2.24, 2.45) is 0 Å². The molecule has 0 radical (unpaired) electrons. The van der Waals surface area contributed by atoms with E-state index in [2.05, 4.69) is 85.9 Å². The molecule has 0 saturated carbocycles. The van der Waals surface area contributed by atoms with Gasteiger partial charge in [0.15, 0.2) is 5.82 Å². The van der Waals surface area contributed by atoms with Gasteiger partial charge in [-0.15, -0.1) is 10.2 Å². The summed E-state index contributed by atoms with van der Waals surface area (Å²) in [5, 5.41) is 14.6. The van der Waals surface area contributed by atoms with Gasteiger partial charge < -0.3 is 20.7 Å². The van der Waals surface area contributed by atoms with Crippen molar-refractivity contribution in [3.63, 3.8) is 0 Å². The number of ether oxygens (including phenoxy) is 1. The molecule has 3 heterocycles. The number of rotatable bonds is 8. The van der Waals surface area contributed by atoms with Crippen molar-refractivity contribution in [1.29, 1.82) is 0 Å². The van der Waals surface area contributed by atoms with Gasteiger partial charge in [-0.25, -0.2) is 15.0 Å². The largest absolute Gasteiger partial charge is 0.438 e. The fraction of sp³-hybridized carbons (Fsp3) is 0.0938. The molecule has 3 N–H and O–H groups in total. The third-order valence-corrected chi connectivity index (χ3v) is 6.44. The Balaban J connectivity index is 1.25. The molecule has 202 valence electrons. The maximum atomic E-state index is 6.11. The Morgan fingerprint density at radius 3 is 2.44 bits per heavy atom. The summed E-state index contributed by atoms with van der Waals surface area (Å²) in [6.45, 7) is 0.857. The molecule has 0 amide bonds. The SMILES string of the molecule is CN(C)Cc1cccc(-c2nnc(Nc3ccc(Oc4ncccc4-c4ccnc(N)n4)cc3)c3ccccc23)c1. The number of anilines is 3. The van der Waals surface area contributed by atoms with Crippen LogP contribution in [0.3, 0.4) is 0 Å². The Hall–Kier alpha value is -5.41. The number of hydrogen-bond acceptors (Lipinski definition) is 9. The zero-order valence-electron chi connectivity index (χ0n) is 22.7. The van der Waals surface area contributed by atoms with E-state index in [1.165, 1.54) is 5.56 Å². The lowest BCUT2D eigenvalue weighted by molar-refractivity contribution is 0.402. The summed E-state index contributed by atoms with van der Waals surface area (Å²) in [5.74, 6) is 1.92. The summed E-state index contributed by atoms with van der Waals surface area (Å²) >= 11 is 0. The molecule has 0 saturated heterocycles. The summed E-state index contributed by atoms with van der Waals surface area (Å²) in [6.07, 6.45) is 3.28. The molecule has 0 unspecified atom stereocenters. The van der Waals surface area contributed by atoms with Gasteiger partial charge in [0, 0.05) is 41.0 Å². The molecule has 9 nitrogen and oxygen atoms in total. The minimum absolute atomic E-state index is 0.189. The number of aromatic nitrogens is 5. The first-order valence-corrected chi connectivity index (χ1v) is 13.1. The molecule has 0 aliphatic rings. The molecule has 0 aliphatic heterocycles. The van der Waals surface area contributed by atoms with Crippen LogP contribution in [0, 0.1) is 0 Å². The normalized spacial score (nSPS) is 11.1. The number of nitrogen functional groups attached to an aromatic ring is 1. The van der Waals surface area contributed by atoms with Gasteiger partial charge in [-0.3, -0.25) is 0 Å². The van der Waals surface area contributed by atoms with Gasteiger partial charge in [0.25, 0.3) is 0 Å². The van der Waals surface area contributed by atoms with Crippen molar-refractivity contribution in [1.82, 2.24) is 30.0 Å². The van der Waals surface area contributed by atoms with Gasteiger partial charge in [-0.05, 0) is 68.2 Å². The summed E-state index contributed by atoms with van der Waals surface area (Å²) in [7, 11) is 4.13. The second-order valence-corrected chi connectivity index (χ2v) is 9.79. The summed E-state index contributed by atoms with van der Waals surface area (Å²) in [4.78, 5) is 14.8. The van der Waals surface area contributed by atoms with Crippen molar-refractivity contribution in [3.05, 3.63) is 109 Å². The molecular weight excluding hydrogens is 512 g/mol. The highest BCUT2D eigenvalue weighted by atomic mass is 16.5. The van der Waals surface area contributed by atoms with E-state index in [9.17, 15) is 0 Å². The lowest BCUT2D eigenvalue weighted by Crippen LogP contribution is -2.10. The van der Waals surface area contributed by atoms with E-state index in [-0.39, 0.29) is 5.95 Å². The van der Waals surface area contributed by atoms with E-state index in [4.69, 9.17) is 10.5 Å². The molecule has 6 aromatic rings. The van der Waals surface area contributed by atoms with Crippen LogP contribution < -0.4 is 15.8 Å². The van der Waals surface area contributed by atoms with Crippen LogP contribution in [0.5, 0.6) is 11.6 Å². The fourth-order valence-electron chi connectivity index (χ4n) is 4.64. The maximum Gasteiger partial charge on any atom is 0.228 e. The van der Waals surface area contributed by atoms with Crippen molar-refractivity contribution in [2.75, 3.05) is 25.1 Å². The van der Waals surface area contributed by atoms with Crippen molar-refractivity contribution in [2.45, 2.75) is 6.54 Å². The molecule has 9 heteroatoms. The first-order valence-electron chi connectivity index (χ1n) is 13.1. The standard InChI is InChI=1S/C32H28N8O/c1-40(2)20-21-7-5-8-22(19-21)29-25-9-3-4-10-26(25)30(39-38-29)36-23-12-14-24(15-13-23)41-31-27(11-6-17-34-31)28-16-18-35-32(33)37-28/h3-19H,20H2,1-2H3,(H,36,39)(H2,33,35,37). The molecule has 6 rings (SSSR count). The van der Waals surface area contributed by atoms with Crippen LogP contribution in [0.4, 0.5) is 17.5 Å². The van der Waals surface area contributed by atoms with Gasteiger partial charge in [0.1, 0.15) is 11.4 Å². The third kappa shape index (κ3) is 5.80. The number of benzene rings is 3. The monoisotopic (exact) mass is 540 g/mol. The number of pyridine rings is 1. The van der Waals surface area contributed by atoms with E-state index < -0.39 is 0 Å². The van der Waals surface area contributed by atoms with Crippen molar-refractivity contribution < 1.29 is 4.74 Å². The smallest absolute Gasteiger partial charge is 0.228 e. The molecule has 0 spiro atoms. The zero-order chi connectivity index (χ0) is 28.2. The van der Waals surface area contributed by atoms with Crippen LogP contribution in [0.2, 0.25) is 0 Å². The van der Waals surface area contributed by atoms with Gasteiger partial charge in [-0.2, -0.15) is 0 Å². The van der Waals surface area contributed by atoms with Crippen molar-refractivity contribution >= 4 is 28.2 Å². The van der Waals surface area contributed by atoms with E-state index >= 15 is 0 Å². The van der Waals surface area contributed by atoms with Crippen LogP contribution in [-0.2, 0) is 6.54 Å². The first-order chi connectivity index (χ1) is 20.0. The average molecular weight is 541 g/mol. The highest BCUT2D eigenvalue weighted by Crippen LogP contribution is 2.33. The summed E-state index contributed by atoms with van der Waals surface area (Å²) in [5.41, 5.74) is 11.1. The van der Waals surface area contributed by atoms with Crippen LogP contribution in [-0.4, -0.2) is 44.1 Å². The Bertz CT molecular complexity index is 1820. The zero-order valence-corrected chi connectivity index (χ0v) is 22.7. The molecule has 0 atom stereocenters. The predicted octanol–water partition coefficient (Wildman–Crippen LogP) is 6.33. The second kappa shape index (κ2) is 11.4. The van der Waals surface area contributed by atoms with Gasteiger partial charge >= 0.3 is 0 Å². The topological polar surface area (TPSA) is 115 Å². The minimum Gasteiger partial charge on any atom is -0.438 e. The Morgan fingerprint density at radius 1 is 0.805 bits per heavy atom. The molecule has 3 aromatic carbocycles. The van der Waals surface area contributed by atoms with E-state index in [1.54, 1.807) is 18.5 Å². The Kier molecular flexibility index (Phi) is 7.17. The van der Waals surface area contributed by atoms with Crippen LogP contribution in [0.1, 0.15) is 5.56 Å². The Morgan fingerprint density at radius 2 is 1.63 bits per heavy atom. The first kappa shape index (κ1) is 25.8. The van der Waals surface area contributed by atoms with Crippen LogP contribution >= 0.6 is 0 Å². The van der Waals surface area contributed by atoms with Crippen LogP contribution in [0.25, 0.3) is 33.3 Å². The fourth-order valence-corrected chi connectivity index (χ4v) is 4.64. The highest BCUT2D eigenvalue weighted by Gasteiger charge is 2.13. The summed E-state index contributed by atoms with van der Waals surface area (Å²) < 4.78 is 6.11. The molecule has 0 fully saturated rings. The summed E-state index contributed by atoms with van der Waals surface area (Å²) in [6, 6.07) is 29.7. The molecule has 41 heavy (non-hydrogen) atoms. The quantitative estimate of drug-likeness (QED) is 0.228. The Labute approximate surface area is 237 Å². The van der Waals surface area contributed by atoms with E-state index in [1.807, 2.05) is 48.5 Å². The van der Waals surface area contributed by atoms with Crippen molar-refractivity contribution in [3.8, 4) is 34.1 Å². The number of nitrogens with zero attached hydrogens (tertiary/aromatic N) is 6. The van der Waals surface area contributed by atoms with E-state index in [0.29, 0.717) is 23.1 Å². The third-order valence-electron chi connectivity index (χ3n) is 6.44. The minimum atomic E-state index is 0.189. The van der Waals surface area contributed by atoms with Gasteiger partial charge in [0.2, 0.25) is 11.8 Å². The highest BCUT2D eigenvalue weighted by molar-refractivity contribution is 6.00. The number of hydrogen-bond donors (Lipinski definition) is 2. The molecule has 0 bridgehead atoms. The predicted molar refractivity (Wildman–Crippen MR) is 162 cm³/mol. The van der Waals surface area contributed by atoms with E-state index in [0.717, 1.165) is 39.8 Å². The molecule has 3 aromatic heterocycles. The lowest BCUT2D eigenvalue weighted by Gasteiger charge is -2.14. The average Bonchev–Trinajstić information content (AvgIpc) is 2.98. The number of nitrogens with two attached hydrogens (primary N) is 1. The van der Waals surface area contributed by atoms with Gasteiger partial charge in [-0.1, -0.05) is 42.5 Å². The lowest BCUT2D eigenvalue weighted by atomic mass is 10.0. The maximum absolute atomic E-state index is 6.11.